The molecular weight excluding hydrogens is 284 g/mol. The van der Waals surface area contributed by atoms with Crippen molar-refractivity contribution in [1.82, 2.24) is 10.6 Å². The van der Waals surface area contributed by atoms with Gasteiger partial charge in [-0.3, -0.25) is 4.79 Å². The monoisotopic (exact) mass is 310 g/mol. The summed E-state index contributed by atoms with van der Waals surface area (Å²) in [6, 6.07) is 8.36. The maximum Gasteiger partial charge on any atom is 0.251 e. The molecule has 2 rings (SSSR count). The third kappa shape index (κ3) is 6.06. The van der Waals surface area contributed by atoms with Crippen LogP contribution < -0.4 is 10.6 Å². The van der Waals surface area contributed by atoms with Gasteiger partial charge in [-0.05, 0) is 31.4 Å². The lowest BCUT2D eigenvalue weighted by atomic mass is 10.1. The standard InChI is InChI=1S/C17H26N2O.ClH/c1-14-8-6-7-11-16(14)17(20)19-13-12-18-15-9-4-2-3-5-10-15;/h6-8,11,15,18H,2-5,9-10,12-13H2,1H3,(H,19,20);1H. The van der Waals surface area contributed by atoms with E-state index < -0.39 is 0 Å². The van der Waals surface area contributed by atoms with E-state index in [-0.39, 0.29) is 18.3 Å². The van der Waals surface area contributed by atoms with Crippen LogP contribution in [0.3, 0.4) is 0 Å². The molecule has 0 heterocycles. The minimum absolute atomic E-state index is 0. The highest BCUT2D eigenvalue weighted by molar-refractivity contribution is 5.95. The third-order valence-corrected chi connectivity index (χ3v) is 4.09. The van der Waals surface area contributed by atoms with Gasteiger partial charge < -0.3 is 10.6 Å². The Labute approximate surface area is 134 Å². The molecule has 2 N–H and O–H groups in total. The summed E-state index contributed by atoms with van der Waals surface area (Å²) in [5, 5.41) is 6.56. The van der Waals surface area contributed by atoms with E-state index in [0.29, 0.717) is 12.6 Å². The average Bonchev–Trinajstić information content (AvgIpc) is 2.72. The first-order chi connectivity index (χ1) is 9.77. The first kappa shape index (κ1) is 18.0. The van der Waals surface area contributed by atoms with E-state index in [4.69, 9.17) is 0 Å². The van der Waals surface area contributed by atoms with Crippen molar-refractivity contribution in [3.8, 4) is 0 Å². The molecule has 0 atom stereocenters. The highest BCUT2D eigenvalue weighted by atomic mass is 35.5. The van der Waals surface area contributed by atoms with Gasteiger partial charge in [-0.2, -0.15) is 0 Å². The van der Waals surface area contributed by atoms with Gasteiger partial charge in [-0.15, -0.1) is 12.4 Å². The van der Waals surface area contributed by atoms with E-state index >= 15 is 0 Å². The fourth-order valence-electron chi connectivity index (χ4n) is 2.86. The lowest BCUT2D eigenvalue weighted by Gasteiger charge is -2.16. The maximum atomic E-state index is 12.0. The SMILES string of the molecule is Cc1ccccc1C(=O)NCCNC1CCCCCC1.Cl. The average molecular weight is 311 g/mol. The molecule has 1 aromatic rings. The third-order valence-electron chi connectivity index (χ3n) is 4.09. The minimum atomic E-state index is 0. The highest BCUT2D eigenvalue weighted by Crippen LogP contribution is 2.16. The van der Waals surface area contributed by atoms with E-state index in [1.165, 1.54) is 38.5 Å². The Morgan fingerprint density at radius 1 is 1.10 bits per heavy atom. The van der Waals surface area contributed by atoms with Crippen LogP contribution >= 0.6 is 12.4 Å². The lowest BCUT2D eigenvalue weighted by molar-refractivity contribution is 0.0953. The maximum absolute atomic E-state index is 12.0. The Hall–Kier alpha value is -1.06. The van der Waals surface area contributed by atoms with Crippen LogP contribution in [0.25, 0.3) is 0 Å². The molecule has 118 valence electrons. The van der Waals surface area contributed by atoms with Gasteiger partial charge in [0.2, 0.25) is 0 Å². The number of nitrogens with one attached hydrogen (secondary N) is 2. The fourth-order valence-corrected chi connectivity index (χ4v) is 2.86. The van der Waals surface area contributed by atoms with Crippen LogP contribution in [0.2, 0.25) is 0 Å². The molecule has 1 aromatic carbocycles. The lowest BCUT2D eigenvalue weighted by Crippen LogP contribution is -2.37. The molecule has 0 radical (unpaired) electrons. The molecule has 3 nitrogen and oxygen atoms in total. The highest BCUT2D eigenvalue weighted by Gasteiger charge is 2.11. The van der Waals surface area contributed by atoms with Gasteiger partial charge in [0, 0.05) is 24.7 Å². The zero-order chi connectivity index (χ0) is 14.2. The van der Waals surface area contributed by atoms with Gasteiger partial charge in [0.25, 0.3) is 5.91 Å². The molecule has 1 amide bonds. The normalized spacial score (nSPS) is 15.9. The number of benzene rings is 1. The number of rotatable bonds is 5. The summed E-state index contributed by atoms with van der Waals surface area (Å²) in [7, 11) is 0. The molecular formula is C17H27ClN2O. The smallest absolute Gasteiger partial charge is 0.251 e. The fraction of sp³-hybridized carbons (Fsp3) is 0.588. The second kappa shape index (κ2) is 9.80. The molecule has 0 bridgehead atoms. The van der Waals surface area contributed by atoms with Crippen LogP contribution in [0.15, 0.2) is 24.3 Å². The number of amides is 1. The number of halogens is 1. The quantitative estimate of drug-likeness (QED) is 0.646. The van der Waals surface area contributed by atoms with Crippen molar-refractivity contribution in [2.75, 3.05) is 13.1 Å². The summed E-state index contributed by atoms with van der Waals surface area (Å²) >= 11 is 0. The van der Waals surface area contributed by atoms with Crippen LogP contribution in [0.4, 0.5) is 0 Å². The molecule has 0 unspecified atom stereocenters. The molecule has 4 heteroatoms. The molecule has 1 fully saturated rings. The van der Waals surface area contributed by atoms with Crippen molar-refractivity contribution in [2.45, 2.75) is 51.5 Å². The van der Waals surface area contributed by atoms with Gasteiger partial charge >= 0.3 is 0 Å². The second-order valence-electron chi connectivity index (χ2n) is 5.71. The van der Waals surface area contributed by atoms with Crippen LogP contribution in [0.5, 0.6) is 0 Å². The zero-order valence-corrected chi connectivity index (χ0v) is 13.7. The molecule has 0 aromatic heterocycles. The van der Waals surface area contributed by atoms with Gasteiger partial charge in [0.05, 0.1) is 0 Å². The summed E-state index contributed by atoms with van der Waals surface area (Å²) in [6.07, 6.45) is 8.00. The van der Waals surface area contributed by atoms with Gasteiger partial charge in [0.15, 0.2) is 0 Å². The minimum Gasteiger partial charge on any atom is -0.351 e. The van der Waals surface area contributed by atoms with Crippen molar-refractivity contribution >= 4 is 18.3 Å². The predicted octanol–water partition coefficient (Wildman–Crippen LogP) is 3.46. The Bertz CT molecular complexity index is 429. The topological polar surface area (TPSA) is 41.1 Å². The molecule has 1 saturated carbocycles. The van der Waals surface area contributed by atoms with Crippen molar-refractivity contribution in [3.05, 3.63) is 35.4 Å². The predicted molar refractivity (Wildman–Crippen MR) is 90.3 cm³/mol. The zero-order valence-electron chi connectivity index (χ0n) is 12.9. The van der Waals surface area contributed by atoms with Crippen molar-refractivity contribution < 1.29 is 4.79 Å². The van der Waals surface area contributed by atoms with Gasteiger partial charge in [0.1, 0.15) is 0 Å². The Kier molecular flexibility index (Phi) is 8.40. The molecule has 0 saturated heterocycles. The molecule has 21 heavy (non-hydrogen) atoms. The van der Waals surface area contributed by atoms with E-state index in [9.17, 15) is 4.79 Å². The molecule has 0 spiro atoms. The summed E-state index contributed by atoms with van der Waals surface area (Å²) in [5.74, 6) is 0.0331. The molecule has 0 aliphatic heterocycles. The summed E-state index contributed by atoms with van der Waals surface area (Å²) in [4.78, 5) is 12.0. The van der Waals surface area contributed by atoms with E-state index in [0.717, 1.165) is 17.7 Å². The molecule has 1 aliphatic carbocycles. The van der Waals surface area contributed by atoms with E-state index in [1.54, 1.807) is 0 Å². The van der Waals surface area contributed by atoms with Crippen molar-refractivity contribution in [3.63, 3.8) is 0 Å². The molecule has 1 aliphatic rings. The van der Waals surface area contributed by atoms with E-state index in [2.05, 4.69) is 10.6 Å². The van der Waals surface area contributed by atoms with Crippen LogP contribution in [-0.4, -0.2) is 25.0 Å². The van der Waals surface area contributed by atoms with Crippen molar-refractivity contribution in [1.29, 1.82) is 0 Å². The van der Waals surface area contributed by atoms with Crippen molar-refractivity contribution in [2.24, 2.45) is 0 Å². The Morgan fingerprint density at radius 3 is 2.43 bits per heavy atom. The first-order valence-electron chi connectivity index (χ1n) is 7.84. The van der Waals surface area contributed by atoms with Gasteiger partial charge in [-0.25, -0.2) is 0 Å². The summed E-state index contributed by atoms with van der Waals surface area (Å²) in [6.45, 7) is 3.53. The van der Waals surface area contributed by atoms with E-state index in [1.807, 2.05) is 31.2 Å². The second-order valence-corrected chi connectivity index (χ2v) is 5.71. The number of hydrogen-bond acceptors (Lipinski definition) is 2. The number of carbonyl (C=O) groups excluding carboxylic acids is 1. The number of hydrogen-bond donors (Lipinski definition) is 2. The Balaban J connectivity index is 0.00000220. The van der Waals surface area contributed by atoms with Crippen LogP contribution in [-0.2, 0) is 0 Å². The summed E-state index contributed by atoms with van der Waals surface area (Å²) < 4.78 is 0. The number of carbonyl (C=O) groups is 1. The number of aryl methyl sites for hydroxylation is 1. The first-order valence-corrected chi connectivity index (χ1v) is 7.84. The summed E-state index contributed by atoms with van der Waals surface area (Å²) in [5.41, 5.74) is 1.81. The largest absolute Gasteiger partial charge is 0.351 e. The van der Waals surface area contributed by atoms with Crippen LogP contribution in [0.1, 0.15) is 54.4 Å². The van der Waals surface area contributed by atoms with Gasteiger partial charge in [-0.1, -0.05) is 43.9 Å². The Morgan fingerprint density at radius 2 is 1.76 bits per heavy atom. The van der Waals surface area contributed by atoms with Crippen LogP contribution in [0, 0.1) is 6.92 Å².